The molecular weight excluding hydrogens is 204 g/mol. The molecule has 1 N–H and O–H groups in total. The lowest BCUT2D eigenvalue weighted by molar-refractivity contribution is -0.129. The number of likely N-dealkylation sites (tertiary alicyclic amines) is 1. The second kappa shape index (κ2) is 6.30. The van der Waals surface area contributed by atoms with Gasteiger partial charge in [-0.05, 0) is 12.8 Å². The molecule has 2 amide bonds. The van der Waals surface area contributed by atoms with Crippen LogP contribution in [0.2, 0.25) is 0 Å². The zero-order valence-electron chi connectivity index (χ0n) is 10.0. The van der Waals surface area contributed by atoms with Gasteiger partial charge in [0.05, 0.1) is 5.92 Å². The minimum Gasteiger partial charge on any atom is -0.359 e. The first kappa shape index (κ1) is 12.7. The fraction of sp³-hybridized carbons (Fsp3) is 0.667. The number of amides is 2. The van der Waals surface area contributed by atoms with Gasteiger partial charge in [0.2, 0.25) is 11.8 Å². The molecule has 1 rings (SSSR count). The maximum absolute atomic E-state index is 11.7. The number of nitrogens with zero attached hydrogens (tertiary/aromatic N) is 1. The Bertz CT molecular complexity index is 287. The van der Waals surface area contributed by atoms with E-state index in [1.54, 1.807) is 11.9 Å². The van der Waals surface area contributed by atoms with E-state index in [2.05, 4.69) is 5.32 Å². The van der Waals surface area contributed by atoms with Gasteiger partial charge in [0.1, 0.15) is 0 Å². The highest BCUT2D eigenvalue weighted by atomic mass is 16.2. The zero-order chi connectivity index (χ0) is 12.0. The molecule has 4 nitrogen and oxygen atoms in total. The SMILES string of the molecule is CC/C=C/CC(=O)N1CCC(C(=O)NC)C1. The Hall–Kier alpha value is -1.32. The molecule has 1 saturated heterocycles. The Morgan fingerprint density at radius 1 is 1.44 bits per heavy atom. The standard InChI is InChI=1S/C12H20N2O2/c1-3-4-5-6-11(15)14-8-7-10(9-14)12(16)13-2/h4-5,10H,3,6-9H2,1-2H3,(H,13,16)/b5-4+. The van der Waals surface area contributed by atoms with E-state index < -0.39 is 0 Å². The summed E-state index contributed by atoms with van der Waals surface area (Å²) in [6.07, 6.45) is 6.07. The Kier molecular flexibility index (Phi) is 5.02. The molecule has 0 radical (unpaired) electrons. The third kappa shape index (κ3) is 3.36. The fourth-order valence-corrected chi connectivity index (χ4v) is 1.88. The molecule has 1 atom stereocenters. The van der Waals surface area contributed by atoms with Gasteiger partial charge in [-0.2, -0.15) is 0 Å². The zero-order valence-corrected chi connectivity index (χ0v) is 10.0. The summed E-state index contributed by atoms with van der Waals surface area (Å²) < 4.78 is 0. The predicted octanol–water partition coefficient (Wildman–Crippen LogP) is 0.937. The monoisotopic (exact) mass is 224 g/mol. The second-order valence-corrected chi connectivity index (χ2v) is 4.02. The molecule has 0 aromatic rings. The summed E-state index contributed by atoms with van der Waals surface area (Å²) in [5, 5.41) is 2.63. The third-order valence-corrected chi connectivity index (χ3v) is 2.85. The summed E-state index contributed by atoms with van der Waals surface area (Å²) in [5.74, 6) is 0.139. The largest absolute Gasteiger partial charge is 0.359 e. The van der Waals surface area contributed by atoms with Crippen LogP contribution in [-0.4, -0.2) is 36.9 Å². The Morgan fingerprint density at radius 2 is 2.19 bits per heavy atom. The molecule has 1 fully saturated rings. The summed E-state index contributed by atoms with van der Waals surface area (Å²) in [7, 11) is 1.64. The summed E-state index contributed by atoms with van der Waals surface area (Å²) in [6, 6.07) is 0. The highest BCUT2D eigenvalue weighted by Gasteiger charge is 2.29. The lowest BCUT2D eigenvalue weighted by atomic mass is 10.1. The molecule has 1 aliphatic rings. The maximum atomic E-state index is 11.7. The van der Waals surface area contributed by atoms with Gasteiger partial charge in [0.25, 0.3) is 0 Å². The van der Waals surface area contributed by atoms with Gasteiger partial charge in [-0.1, -0.05) is 19.1 Å². The normalized spacial score (nSPS) is 20.4. The van der Waals surface area contributed by atoms with E-state index in [1.165, 1.54) is 0 Å². The van der Waals surface area contributed by atoms with Gasteiger partial charge in [-0.15, -0.1) is 0 Å². The highest BCUT2D eigenvalue weighted by Crippen LogP contribution is 2.17. The summed E-state index contributed by atoms with van der Waals surface area (Å²) in [6.45, 7) is 3.31. The average molecular weight is 224 g/mol. The van der Waals surface area contributed by atoms with Crippen molar-refractivity contribution in [3.05, 3.63) is 12.2 Å². The molecular formula is C12H20N2O2. The van der Waals surface area contributed by atoms with E-state index in [1.807, 2.05) is 19.1 Å². The molecule has 0 aromatic carbocycles. The molecule has 16 heavy (non-hydrogen) atoms. The van der Waals surface area contributed by atoms with Gasteiger partial charge >= 0.3 is 0 Å². The number of carbonyl (C=O) groups excluding carboxylic acids is 2. The third-order valence-electron chi connectivity index (χ3n) is 2.85. The van der Waals surface area contributed by atoms with Crippen molar-refractivity contribution >= 4 is 11.8 Å². The van der Waals surface area contributed by atoms with Crippen molar-refractivity contribution < 1.29 is 9.59 Å². The van der Waals surface area contributed by atoms with Gasteiger partial charge in [-0.25, -0.2) is 0 Å². The van der Waals surface area contributed by atoms with Crippen LogP contribution in [0.25, 0.3) is 0 Å². The van der Waals surface area contributed by atoms with Crippen LogP contribution in [0.5, 0.6) is 0 Å². The number of carbonyl (C=O) groups is 2. The Morgan fingerprint density at radius 3 is 2.81 bits per heavy atom. The first-order chi connectivity index (χ1) is 7.69. The van der Waals surface area contributed by atoms with Crippen molar-refractivity contribution in [1.82, 2.24) is 10.2 Å². The molecule has 0 saturated carbocycles. The molecule has 1 unspecified atom stereocenters. The smallest absolute Gasteiger partial charge is 0.226 e. The molecule has 1 heterocycles. The summed E-state index contributed by atoms with van der Waals surface area (Å²) in [5.41, 5.74) is 0. The molecule has 0 bridgehead atoms. The van der Waals surface area contributed by atoms with E-state index in [-0.39, 0.29) is 17.7 Å². The fourth-order valence-electron chi connectivity index (χ4n) is 1.88. The topological polar surface area (TPSA) is 49.4 Å². The Balaban J connectivity index is 2.37. The number of rotatable bonds is 4. The molecule has 4 heteroatoms. The quantitative estimate of drug-likeness (QED) is 0.722. The number of allylic oxidation sites excluding steroid dienone is 1. The number of nitrogens with one attached hydrogen (secondary N) is 1. The van der Waals surface area contributed by atoms with Crippen molar-refractivity contribution in [2.75, 3.05) is 20.1 Å². The van der Waals surface area contributed by atoms with Crippen LogP contribution in [0.15, 0.2) is 12.2 Å². The van der Waals surface area contributed by atoms with E-state index in [0.29, 0.717) is 19.5 Å². The van der Waals surface area contributed by atoms with E-state index in [9.17, 15) is 9.59 Å². The second-order valence-electron chi connectivity index (χ2n) is 4.02. The maximum Gasteiger partial charge on any atom is 0.226 e. The van der Waals surface area contributed by atoms with Crippen LogP contribution in [0.1, 0.15) is 26.2 Å². The van der Waals surface area contributed by atoms with Crippen LogP contribution in [0.3, 0.4) is 0 Å². The molecule has 90 valence electrons. The average Bonchev–Trinajstić information content (AvgIpc) is 2.77. The Labute approximate surface area is 96.7 Å². The summed E-state index contributed by atoms with van der Waals surface area (Å²) >= 11 is 0. The van der Waals surface area contributed by atoms with Gasteiger partial charge in [0.15, 0.2) is 0 Å². The van der Waals surface area contributed by atoms with Crippen molar-refractivity contribution in [3.8, 4) is 0 Å². The van der Waals surface area contributed by atoms with Gasteiger partial charge in [0, 0.05) is 26.6 Å². The van der Waals surface area contributed by atoms with Crippen molar-refractivity contribution in [3.63, 3.8) is 0 Å². The van der Waals surface area contributed by atoms with Crippen LogP contribution < -0.4 is 5.32 Å². The van der Waals surface area contributed by atoms with Crippen molar-refractivity contribution in [2.45, 2.75) is 26.2 Å². The van der Waals surface area contributed by atoms with Crippen molar-refractivity contribution in [2.24, 2.45) is 5.92 Å². The molecule has 1 aliphatic heterocycles. The van der Waals surface area contributed by atoms with Gasteiger partial charge < -0.3 is 10.2 Å². The first-order valence-electron chi connectivity index (χ1n) is 5.83. The van der Waals surface area contributed by atoms with E-state index in [0.717, 1.165) is 12.8 Å². The minimum absolute atomic E-state index is 0.0240. The van der Waals surface area contributed by atoms with Crippen molar-refractivity contribution in [1.29, 1.82) is 0 Å². The molecule has 0 aliphatic carbocycles. The van der Waals surface area contributed by atoms with Crippen LogP contribution in [-0.2, 0) is 9.59 Å². The van der Waals surface area contributed by atoms with Crippen LogP contribution >= 0.6 is 0 Å². The lowest BCUT2D eigenvalue weighted by Crippen LogP contribution is -2.32. The highest BCUT2D eigenvalue weighted by molar-refractivity contribution is 5.82. The number of hydrogen-bond acceptors (Lipinski definition) is 2. The minimum atomic E-state index is -0.0240. The lowest BCUT2D eigenvalue weighted by Gasteiger charge is -2.15. The van der Waals surface area contributed by atoms with Crippen LogP contribution in [0, 0.1) is 5.92 Å². The van der Waals surface area contributed by atoms with E-state index in [4.69, 9.17) is 0 Å². The van der Waals surface area contributed by atoms with E-state index >= 15 is 0 Å². The summed E-state index contributed by atoms with van der Waals surface area (Å²) in [4.78, 5) is 24.9. The van der Waals surface area contributed by atoms with Crippen LogP contribution in [0.4, 0.5) is 0 Å². The molecule has 0 aromatic heterocycles. The molecule has 0 spiro atoms. The first-order valence-corrected chi connectivity index (χ1v) is 5.83. The predicted molar refractivity (Wildman–Crippen MR) is 62.8 cm³/mol. The van der Waals surface area contributed by atoms with Gasteiger partial charge in [-0.3, -0.25) is 9.59 Å². The number of hydrogen-bond donors (Lipinski definition) is 1.